The van der Waals surface area contributed by atoms with Crippen LogP contribution in [0.15, 0.2) is 65.3 Å². The summed E-state index contributed by atoms with van der Waals surface area (Å²) in [6, 6.07) is 12.8. The molecule has 0 bridgehead atoms. The minimum atomic E-state index is 0.215. The first kappa shape index (κ1) is 24.0. The summed E-state index contributed by atoms with van der Waals surface area (Å²) in [4.78, 5) is 12.7. The number of hydrogen-bond donors (Lipinski definition) is 1. The average molecular weight is 485 g/mol. The highest BCUT2D eigenvalue weighted by Gasteiger charge is 2.22. The molecular weight excluding hydrogens is 456 g/mol. The molecule has 0 saturated carbocycles. The highest BCUT2D eigenvalue weighted by Crippen LogP contribution is 2.27. The average Bonchev–Trinajstić information content (AvgIpc) is 2.86. The van der Waals surface area contributed by atoms with Gasteiger partial charge in [0, 0.05) is 65.5 Å². The van der Waals surface area contributed by atoms with E-state index in [1.807, 2.05) is 18.5 Å². The number of thioether (sulfide) groups is 1. The second-order valence-corrected chi connectivity index (χ2v) is 9.31. The van der Waals surface area contributed by atoms with Crippen molar-refractivity contribution >= 4 is 34.3 Å². The number of fused-ring (bicyclic) bond motifs is 1. The third-order valence-corrected chi connectivity index (χ3v) is 6.47. The van der Waals surface area contributed by atoms with Crippen molar-refractivity contribution in [3.05, 3.63) is 71.5 Å². The van der Waals surface area contributed by atoms with Crippen LogP contribution in [0.1, 0.15) is 17.2 Å². The molecule has 0 radical (unpaired) electrons. The number of rotatable bonds is 10. The Labute approximate surface area is 204 Å². The number of aromatic nitrogens is 2. The van der Waals surface area contributed by atoms with Crippen molar-refractivity contribution in [1.82, 2.24) is 20.2 Å². The minimum absolute atomic E-state index is 0.215. The lowest BCUT2D eigenvalue weighted by molar-refractivity contribution is 0.0160. The first-order valence-corrected chi connectivity index (χ1v) is 12.6. The largest absolute Gasteiger partial charge is 0.472 e. The van der Waals surface area contributed by atoms with Gasteiger partial charge in [0.25, 0.3) is 0 Å². The van der Waals surface area contributed by atoms with Crippen LogP contribution in [0.3, 0.4) is 0 Å². The number of nitrogens with one attached hydrogen (secondary N) is 1. The third kappa shape index (κ3) is 6.46. The summed E-state index contributed by atoms with van der Waals surface area (Å²) in [5, 5.41) is 5.15. The molecular formula is C25H29ClN4O2S. The normalized spacial score (nSPS) is 15.5. The van der Waals surface area contributed by atoms with Gasteiger partial charge in [0.05, 0.1) is 18.7 Å². The van der Waals surface area contributed by atoms with Crippen LogP contribution >= 0.6 is 23.4 Å². The van der Waals surface area contributed by atoms with Crippen molar-refractivity contribution in [2.75, 3.05) is 45.7 Å². The van der Waals surface area contributed by atoms with Gasteiger partial charge in [0.1, 0.15) is 6.61 Å². The van der Waals surface area contributed by atoms with E-state index in [4.69, 9.17) is 26.1 Å². The highest BCUT2D eigenvalue weighted by atomic mass is 35.5. The van der Waals surface area contributed by atoms with E-state index in [0.29, 0.717) is 17.5 Å². The molecule has 3 aromatic rings. The molecule has 33 heavy (non-hydrogen) atoms. The molecule has 4 rings (SSSR count). The van der Waals surface area contributed by atoms with Crippen molar-refractivity contribution < 1.29 is 9.47 Å². The zero-order valence-electron chi connectivity index (χ0n) is 18.8. The minimum Gasteiger partial charge on any atom is -0.472 e. The van der Waals surface area contributed by atoms with Crippen molar-refractivity contribution in [2.24, 2.45) is 0 Å². The van der Waals surface area contributed by atoms with Crippen molar-refractivity contribution in [1.29, 1.82) is 0 Å². The third-order valence-electron chi connectivity index (χ3n) is 5.64. The summed E-state index contributed by atoms with van der Waals surface area (Å²) in [6.07, 6.45) is 5.82. The fourth-order valence-corrected chi connectivity index (χ4v) is 4.45. The molecule has 1 aliphatic heterocycles. The van der Waals surface area contributed by atoms with Crippen LogP contribution in [0.4, 0.5) is 0 Å². The number of nitrogens with zero attached hydrogens (tertiary/aromatic N) is 3. The summed E-state index contributed by atoms with van der Waals surface area (Å²) in [5.74, 6) is 0.583. The summed E-state index contributed by atoms with van der Waals surface area (Å²) in [6.45, 7) is 8.67. The van der Waals surface area contributed by atoms with Gasteiger partial charge in [-0.3, -0.25) is 9.88 Å². The number of pyridine rings is 2. The Balaban J connectivity index is 1.53. The fourth-order valence-electron chi connectivity index (χ4n) is 3.96. The van der Waals surface area contributed by atoms with Crippen molar-refractivity contribution in [3.63, 3.8) is 0 Å². The number of hydrogen-bond acceptors (Lipinski definition) is 7. The standard InChI is InChI=1S/C25H29ClN4O2S/c1-18(26)17-32-25-21(12-19-5-6-22(33-2)13-23(19)29-25)15-28-16-24(20-4-3-7-27-14-20)30-8-10-31-11-9-30/h3-7,12-14,24,28H,1,8-11,15-17H2,2H3. The van der Waals surface area contributed by atoms with E-state index < -0.39 is 0 Å². The zero-order valence-corrected chi connectivity index (χ0v) is 20.4. The molecule has 0 amide bonds. The Morgan fingerprint density at radius 3 is 2.88 bits per heavy atom. The quantitative estimate of drug-likeness (QED) is 0.420. The summed E-state index contributed by atoms with van der Waals surface area (Å²) >= 11 is 7.65. The Bertz CT molecular complexity index is 1080. The number of benzene rings is 1. The molecule has 0 spiro atoms. The molecule has 1 atom stereocenters. The van der Waals surface area contributed by atoms with E-state index in [1.54, 1.807) is 11.8 Å². The molecule has 6 nitrogen and oxygen atoms in total. The van der Waals surface area contributed by atoms with E-state index in [9.17, 15) is 0 Å². The molecule has 174 valence electrons. The highest BCUT2D eigenvalue weighted by molar-refractivity contribution is 7.98. The van der Waals surface area contributed by atoms with Crippen LogP contribution in [0.5, 0.6) is 5.88 Å². The van der Waals surface area contributed by atoms with Gasteiger partial charge < -0.3 is 14.8 Å². The molecule has 1 aliphatic rings. The van der Waals surface area contributed by atoms with Gasteiger partial charge in [0.2, 0.25) is 5.88 Å². The molecule has 8 heteroatoms. The van der Waals surface area contributed by atoms with Gasteiger partial charge >= 0.3 is 0 Å². The van der Waals surface area contributed by atoms with Crippen molar-refractivity contribution in [3.8, 4) is 5.88 Å². The van der Waals surface area contributed by atoms with E-state index in [-0.39, 0.29) is 12.6 Å². The van der Waals surface area contributed by atoms with Gasteiger partial charge in [-0.05, 0) is 36.1 Å². The first-order valence-electron chi connectivity index (χ1n) is 11.0. The lowest BCUT2D eigenvalue weighted by Gasteiger charge is -2.34. The molecule has 1 aromatic carbocycles. The Morgan fingerprint density at radius 1 is 1.30 bits per heavy atom. The Kier molecular flexibility index (Phi) is 8.58. The van der Waals surface area contributed by atoms with Crippen LogP contribution in [0.25, 0.3) is 10.9 Å². The summed E-state index contributed by atoms with van der Waals surface area (Å²) in [7, 11) is 0. The van der Waals surface area contributed by atoms with Gasteiger partial charge in [-0.1, -0.05) is 30.3 Å². The Hall–Kier alpha value is -2.16. The molecule has 0 aliphatic carbocycles. The fraction of sp³-hybridized carbons (Fsp3) is 0.360. The molecule has 1 saturated heterocycles. The predicted octanol–water partition coefficient (Wildman–Crippen LogP) is 4.65. The lowest BCUT2D eigenvalue weighted by Crippen LogP contribution is -2.42. The van der Waals surface area contributed by atoms with Crippen LogP contribution in [0.2, 0.25) is 0 Å². The second kappa shape index (κ2) is 11.8. The maximum absolute atomic E-state index is 5.96. The first-order chi connectivity index (χ1) is 16.1. The van der Waals surface area contributed by atoms with E-state index in [1.165, 1.54) is 10.5 Å². The number of ether oxygens (including phenoxy) is 2. The maximum Gasteiger partial charge on any atom is 0.218 e. The predicted molar refractivity (Wildman–Crippen MR) is 135 cm³/mol. The van der Waals surface area contributed by atoms with Crippen molar-refractivity contribution in [2.45, 2.75) is 17.5 Å². The molecule has 1 N–H and O–H groups in total. The SMILES string of the molecule is C=C(Cl)COc1nc2cc(SC)ccc2cc1CNCC(c1cccnc1)N1CCOCC1. The van der Waals surface area contributed by atoms with Crippen LogP contribution < -0.4 is 10.1 Å². The van der Waals surface area contributed by atoms with Gasteiger partial charge in [-0.2, -0.15) is 0 Å². The smallest absolute Gasteiger partial charge is 0.218 e. The maximum atomic E-state index is 5.96. The molecule has 2 aromatic heterocycles. The lowest BCUT2D eigenvalue weighted by atomic mass is 10.1. The summed E-state index contributed by atoms with van der Waals surface area (Å²) in [5.41, 5.74) is 3.09. The van der Waals surface area contributed by atoms with E-state index >= 15 is 0 Å². The van der Waals surface area contributed by atoms with E-state index in [2.05, 4.69) is 58.4 Å². The monoisotopic (exact) mass is 484 g/mol. The number of morpholine rings is 1. The molecule has 1 fully saturated rings. The second-order valence-electron chi connectivity index (χ2n) is 7.90. The van der Waals surface area contributed by atoms with Gasteiger partial charge in [-0.15, -0.1) is 11.8 Å². The summed E-state index contributed by atoms with van der Waals surface area (Å²) < 4.78 is 11.5. The molecule has 1 unspecified atom stereocenters. The van der Waals surface area contributed by atoms with Crippen LogP contribution in [-0.4, -0.2) is 60.6 Å². The van der Waals surface area contributed by atoms with Crippen LogP contribution in [0, 0.1) is 0 Å². The van der Waals surface area contributed by atoms with E-state index in [0.717, 1.165) is 49.3 Å². The topological polar surface area (TPSA) is 59.5 Å². The van der Waals surface area contributed by atoms with Gasteiger partial charge in [-0.25, -0.2) is 4.98 Å². The van der Waals surface area contributed by atoms with Crippen LogP contribution in [-0.2, 0) is 11.3 Å². The Morgan fingerprint density at radius 2 is 2.15 bits per heavy atom. The number of halogens is 1. The van der Waals surface area contributed by atoms with Gasteiger partial charge in [0.15, 0.2) is 0 Å². The zero-order chi connectivity index (χ0) is 23.0. The molecule has 3 heterocycles.